The Morgan fingerprint density at radius 1 is 1.29 bits per heavy atom. The van der Waals surface area contributed by atoms with Gasteiger partial charge in [-0.1, -0.05) is 18.2 Å². The summed E-state index contributed by atoms with van der Waals surface area (Å²) in [6.07, 6.45) is 4.22. The molecule has 0 spiro atoms. The fourth-order valence-corrected chi connectivity index (χ4v) is 2.30. The van der Waals surface area contributed by atoms with Crippen LogP contribution < -0.4 is 4.18 Å². The van der Waals surface area contributed by atoms with E-state index in [2.05, 4.69) is 8.97 Å². The van der Waals surface area contributed by atoms with E-state index in [1.807, 2.05) is 0 Å². The van der Waals surface area contributed by atoms with E-state index in [9.17, 15) is 8.42 Å². The Balaban J connectivity index is 2.46. The van der Waals surface area contributed by atoms with Crippen LogP contribution in [0.2, 0.25) is 0 Å². The molecule has 0 fully saturated rings. The number of allylic oxidation sites excluding steroid dienone is 2. The number of benzene rings is 1. The molecule has 0 saturated heterocycles. The predicted molar refractivity (Wildman–Crippen MR) is 75.2 cm³/mol. The molecule has 0 saturated carbocycles. The van der Waals surface area contributed by atoms with Crippen LogP contribution in [0.1, 0.15) is 5.56 Å². The molecule has 1 aromatic carbocycles. The molecule has 110 valence electrons. The molecule has 1 unspecified atom stereocenters. The van der Waals surface area contributed by atoms with Crippen molar-refractivity contribution in [3.8, 4) is 5.75 Å². The zero-order valence-electron chi connectivity index (χ0n) is 11.0. The summed E-state index contributed by atoms with van der Waals surface area (Å²) < 4.78 is 40.3. The van der Waals surface area contributed by atoms with Gasteiger partial charge >= 0.3 is 16.1 Å². The molecule has 1 aliphatic carbocycles. The summed E-state index contributed by atoms with van der Waals surface area (Å²) >= 11 is 0. The lowest BCUT2D eigenvalue weighted by Gasteiger charge is -2.14. The number of hydrogen-bond acceptors (Lipinski definition) is 4. The summed E-state index contributed by atoms with van der Waals surface area (Å²) in [5, 5.41) is 0. The van der Waals surface area contributed by atoms with Crippen LogP contribution in [0.15, 0.2) is 42.5 Å². The Hall–Kier alpha value is -2.25. The smallest absolute Gasteiger partial charge is 0.365 e. The Kier molecular flexibility index (Phi) is 4.35. The lowest BCUT2D eigenvalue weighted by Crippen LogP contribution is -2.22. The van der Waals surface area contributed by atoms with Gasteiger partial charge in [-0.15, -0.1) is 0 Å². The summed E-state index contributed by atoms with van der Waals surface area (Å²) in [7, 11) is -3.17. The van der Waals surface area contributed by atoms with Crippen LogP contribution in [0, 0.1) is 0 Å². The quantitative estimate of drug-likeness (QED) is 0.515. The SMILES string of the molecule is COC1C=C(c2ccccc2OS(=O)(=O)O)C=CC1=[N+]=[N-]. The van der Waals surface area contributed by atoms with Crippen LogP contribution in [0.3, 0.4) is 0 Å². The minimum atomic E-state index is -4.62. The molecular formula is C13H12N2O5S. The van der Waals surface area contributed by atoms with Crippen LogP contribution in [0.25, 0.3) is 11.1 Å². The summed E-state index contributed by atoms with van der Waals surface area (Å²) in [6, 6.07) is 6.31. The van der Waals surface area contributed by atoms with E-state index >= 15 is 0 Å². The van der Waals surface area contributed by atoms with Crippen molar-refractivity contribution in [3.05, 3.63) is 53.6 Å². The van der Waals surface area contributed by atoms with Crippen molar-refractivity contribution in [3.63, 3.8) is 0 Å². The minimum absolute atomic E-state index is 0.0184. The molecule has 7 nitrogen and oxygen atoms in total. The molecule has 0 radical (unpaired) electrons. The third kappa shape index (κ3) is 3.65. The first kappa shape index (κ1) is 15.1. The number of rotatable bonds is 4. The second-order valence-corrected chi connectivity index (χ2v) is 5.17. The van der Waals surface area contributed by atoms with Gasteiger partial charge in [0.2, 0.25) is 0 Å². The third-order valence-corrected chi connectivity index (χ3v) is 3.21. The van der Waals surface area contributed by atoms with Crippen LogP contribution in [-0.2, 0) is 15.1 Å². The molecule has 0 amide bonds. The third-order valence-electron chi connectivity index (χ3n) is 2.82. The second-order valence-electron chi connectivity index (χ2n) is 4.14. The predicted octanol–water partition coefficient (Wildman–Crippen LogP) is 1.51. The summed E-state index contributed by atoms with van der Waals surface area (Å²) in [5.41, 5.74) is 10.2. The highest BCUT2D eigenvalue weighted by Crippen LogP contribution is 2.30. The van der Waals surface area contributed by atoms with Crippen molar-refractivity contribution >= 4 is 21.7 Å². The molecule has 0 heterocycles. The Morgan fingerprint density at radius 3 is 2.62 bits per heavy atom. The van der Waals surface area contributed by atoms with Crippen molar-refractivity contribution in [1.82, 2.24) is 0 Å². The van der Waals surface area contributed by atoms with Crippen molar-refractivity contribution in [1.29, 1.82) is 0 Å². The average Bonchev–Trinajstić information content (AvgIpc) is 2.45. The molecule has 8 heteroatoms. The van der Waals surface area contributed by atoms with E-state index in [1.54, 1.807) is 30.4 Å². The van der Waals surface area contributed by atoms with E-state index in [4.69, 9.17) is 14.8 Å². The van der Waals surface area contributed by atoms with Gasteiger partial charge in [0.1, 0.15) is 0 Å². The van der Waals surface area contributed by atoms with Gasteiger partial charge in [-0.25, -0.2) is 0 Å². The first-order chi connectivity index (χ1) is 9.94. The lowest BCUT2D eigenvalue weighted by molar-refractivity contribution is -0.0183. The number of ether oxygens (including phenoxy) is 1. The first-order valence-electron chi connectivity index (χ1n) is 5.85. The molecule has 21 heavy (non-hydrogen) atoms. The van der Waals surface area contributed by atoms with Crippen molar-refractivity contribution in [2.45, 2.75) is 6.10 Å². The second kappa shape index (κ2) is 6.02. The van der Waals surface area contributed by atoms with E-state index in [1.165, 1.54) is 19.3 Å². The fourth-order valence-electron chi connectivity index (χ4n) is 1.92. The standard InChI is InChI=1S/C13H12N2O5S/c1-19-13-8-9(6-7-11(13)15-14)10-4-2-3-5-12(10)20-21(16,17)18/h2-8,13H,1H3,(H,16,17,18). The van der Waals surface area contributed by atoms with E-state index in [0.29, 0.717) is 16.8 Å². The topological polar surface area (TPSA) is 109 Å². The van der Waals surface area contributed by atoms with Crippen molar-refractivity contribution < 1.29 is 26.7 Å². The van der Waals surface area contributed by atoms with Gasteiger partial charge in [-0.05, 0) is 23.8 Å². The van der Waals surface area contributed by atoms with Crippen molar-refractivity contribution in [2.75, 3.05) is 7.11 Å². The maximum atomic E-state index is 10.9. The normalized spacial score (nSPS) is 18.1. The molecule has 1 atom stereocenters. The monoisotopic (exact) mass is 308 g/mol. The lowest BCUT2D eigenvalue weighted by atomic mass is 9.96. The fraction of sp³-hybridized carbons (Fsp3) is 0.154. The average molecular weight is 308 g/mol. The van der Waals surface area contributed by atoms with E-state index in [-0.39, 0.29) is 5.75 Å². The number of para-hydroxylation sites is 1. The van der Waals surface area contributed by atoms with Gasteiger partial charge in [-0.2, -0.15) is 13.2 Å². The minimum Gasteiger partial charge on any atom is -0.365 e. The van der Waals surface area contributed by atoms with E-state index < -0.39 is 16.5 Å². The first-order valence-corrected chi connectivity index (χ1v) is 7.22. The zero-order chi connectivity index (χ0) is 15.5. The summed E-state index contributed by atoms with van der Waals surface area (Å²) in [5.74, 6) is -0.0184. The highest BCUT2D eigenvalue weighted by molar-refractivity contribution is 7.81. The highest BCUT2D eigenvalue weighted by atomic mass is 32.3. The molecular weight excluding hydrogens is 296 g/mol. The molecule has 1 N–H and O–H groups in total. The molecule has 0 bridgehead atoms. The number of hydrogen-bond donors (Lipinski definition) is 1. The Bertz CT molecular complexity index is 761. The zero-order valence-corrected chi connectivity index (χ0v) is 11.8. The summed E-state index contributed by atoms with van der Waals surface area (Å²) in [6.45, 7) is 0. The maximum Gasteiger partial charge on any atom is 0.446 e. The molecule has 0 aliphatic heterocycles. The van der Waals surface area contributed by atoms with Crippen LogP contribution in [0.4, 0.5) is 0 Å². The molecule has 1 aliphatic rings. The van der Waals surface area contributed by atoms with Gasteiger partial charge in [0.05, 0.1) is 0 Å². The Labute approximate surface area is 121 Å². The highest BCUT2D eigenvalue weighted by Gasteiger charge is 2.24. The van der Waals surface area contributed by atoms with Gasteiger partial charge in [0, 0.05) is 18.7 Å². The van der Waals surface area contributed by atoms with Crippen LogP contribution in [0.5, 0.6) is 5.75 Å². The number of methoxy groups -OCH3 is 1. The Morgan fingerprint density at radius 2 is 2.00 bits per heavy atom. The molecule has 1 aromatic rings. The van der Waals surface area contributed by atoms with Gasteiger partial charge in [0.25, 0.3) is 0 Å². The largest absolute Gasteiger partial charge is 0.446 e. The van der Waals surface area contributed by atoms with Gasteiger partial charge < -0.3 is 14.5 Å². The van der Waals surface area contributed by atoms with Crippen LogP contribution in [-0.4, -0.2) is 36.7 Å². The molecule has 0 aromatic heterocycles. The summed E-state index contributed by atoms with van der Waals surface area (Å²) in [4.78, 5) is 3.10. The van der Waals surface area contributed by atoms with E-state index in [0.717, 1.165) is 0 Å². The van der Waals surface area contributed by atoms with Gasteiger partial charge in [-0.3, -0.25) is 4.55 Å². The maximum absolute atomic E-state index is 10.9. The molecule has 2 rings (SSSR count). The van der Waals surface area contributed by atoms with Crippen molar-refractivity contribution in [2.24, 2.45) is 0 Å². The van der Waals surface area contributed by atoms with Gasteiger partial charge in [0.15, 0.2) is 11.9 Å². The van der Waals surface area contributed by atoms with Crippen LogP contribution >= 0.6 is 0 Å². The number of nitrogens with zero attached hydrogens (tertiary/aromatic N) is 2.